The summed E-state index contributed by atoms with van der Waals surface area (Å²) in [5.41, 5.74) is 7.17. The highest BCUT2D eigenvalue weighted by molar-refractivity contribution is 6.43. The highest BCUT2D eigenvalue weighted by Crippen LogP contribution is 2.13. The van der Waals surface area contributed by atoms with E-state index in [1.807, 2.05) is 5.43 Å². The fourth-order valence-corrected chi connectivity index (χ4v) is 1.55. The van der Waals surface area contributed by atoms with Gasteiger partial charge in [0.1, 0.15) is 11.6 Å². The molecule has 0 fully saturated rings. The van der Waals surface area contributed by atoms with Gasteiger partial charge in [0.2, 0.25) is 5.78 Å². The third-order valence-electron chi connectivity index (χ3n) is 2.53. The second kappa shape index (κ2) is 6.98. The molecule has 0 aliphatic carbocycles. The van der Waals surface area contributed by atoms with E-state index in [9.17, 15) is 14.0 Å². The van der Waals surface area contributed by atoms with Gasteiger partial charge in [-0.25, -0.2) is 14.6 Å². The van der Waals surface area contributed by atoms with Crippen LogP contribution in [-0.2, 0) is 0 Å². The zero-order valence-corrected chi connectivity index (χ0v) is 11.3. The number of hydrazone groups is 1. The third-order valence-corrected chi connectivity index (χ3v) is 2.53. The van der Waals surface area contributed by atoms with Crippen LogP contribution in [0, 0.1) is 5.82 Å². The fourth-order valence-electron chi connectivity index (χ4n) is 1.55. The van der Waals surface area contributed by atoms with Gasteiger partial charge >= 0.3 is 6.03 Å². The van der Waals surface area contributed by atoms with Gasteiger partial charge in [-0.2, -0.15) is 0 Å². The predicted octanol–water partition coefficient (Wildman–Crippen LogP) is 2.07. The quantitative estimate of drug-likeness (QED) is 0.392. The number of carbonyl (C=O) groups excluding carboxylic acids is 2. The minimum absolute atomic E-state index is 0.190. The first-order valence-corrected chi connectivity index (χ1v) is 6.22. The second-order valence-corrected chi connectivity index (χ2v) is 4.14. The monoisotopic (exact) mass is 301 g/mol. The molecule has 112 valence electrons. The van der Waals surface area contributed by atoms with Crippen molar-refractivity contribution in [3.8, 4) is 5.75 Å². The minimum Gasteiger partial charge on any atom is -0.435 e. The van der Waals surface area contributed by atoms with Gasteiger partial charge in [0.05, 0.1) is 0 Å². The van der Waals surface area contributed by atoms with Gasteiger partial charge in [-0.3, -0.25) is 4.79 Å². The Morgan fingerprint density at radius 3 is 2.27 bits per heavy atom. The fraction of sp³-hybridized carbons (Fsp3) is 0. The largest absolute Gasteiger partial charge is 0.435 e. The number of Topliss-reactive ketones (excluding diaryl/α,β-unsaturated/α-hetero) is 1. The molecule has 2 aromatic rings. The highest BCUT2D eigenvalue weighted by atomic mass is 19.1. The van der Waals surface area contributed by atoms with E-state index in [2.05, 4.69) is 5.10 Å². The Kier molecular flexibility index (Phi) is 4.81. The minimum atomic E-state index is -0.943. The average molecular weight is 301 g/mol. The summed E-state index contributed by atoms with van der Waals surface area (Å²) in [7, 11) is 0. The van der Waals surface area contributed by atoms with Crippen molar-refractivity contribution in [2.75, 3.05) is 0 Å². The van der Waals surface area contributed by atoms with Crippen molar-refractivity contribution in [3.63, 3.8) is 0 Å². The smallest absolute Gasteiger partial charge is 0.332 e. The van der Waals surface area contributed by atoms with Crippen molar-refractivity contribution in [2.45, 2.75) is 0 Å². The van der Waals surface area contributed by atoms with E-state index in [0.29, 0.717) is 5.56 Å². The zero-order chi connectivity index (χ0) is 15.9. The number of urea groups is 1. The molecular formula is C15H12FN3O3. The molecular weight excluding hydrogens is 289 g/mol. The molecule has 0 atom stereocenters. The molecule has 0 saturated heterocycles. The number of halogens is 1. The Hall–Kier alpha value is -3.22. The van der Waals surface area contributed by atoms with Crippen LogP contribution in [0.1, 0.15) is 10.4 Å². The van der Waals surface area contributed by atoms with Crippen LogP contribution in [0.15, 0.2) is 59.7 Å². The summed E-state index contributed by atoms with van der Waals surface area (Å²) < 4.78 is 18.2. The number of rotatable bonds is 4. The number of nitrogens with one attached hydrogen (secondary N) is 1. The Morgan fingerprint density at radius 2 is 1.68 bits per heavy atom. The van der Waals surface area contributed by atoms with Crippen LogP contribution in [0.25, 0.3) is 0 Å². The maximum Gasteiger partial charge on any atom is 0.332 e. The Morgan fingerprint density at radius 1 is 1.05 bits per heavy atom. The number of carbonyl (C=O) groups is 2. The lowest BCUT2D eigenvalue weighted by Gasteiger charge is -2.08. The Bertz CT molecular complexity index is 700. The highest BCUT2D eigenvalue weighted by Gasteiger charge is 2.17. The van der Waals surface area contributed by atoms with E-state index in [4.69, 9.17) is 10.5 Å². The lowest BCUT2D eigenvalue weighted by atomic mass is 10.1. The number of primary amides is 1. The van der Waals surface area contributed by atoms with Crippen molar-refractivity contribution >= 4 is 17.7 Å². The summed E-state index contributed by atoms with van der Waals surface area (Å²) in [6, 6.07) is 12.3. The maximum absolute atomic E-state index is 12.9. The molecule has 0 bridgehead atoms. The number of hydrogen-bond acceptors (Lipinski definition) is 4. The number of hydrogen-bond donors (Lipinski definition) is 2. The molecule has 0 aliphatic rings. The van der Waals surface area contributed by atoms with Crippen molar-refractivity contribution < 1.29 is 18.7 Å². The first kappa shape index (κ1) is 15.2. The van der Waals surface area contributed by atoms with Crippen LogP contribution < -0.4 is 15.9 Å². The maximum atomic E-state index is 12.9. The van der Waals surface area contributed by atoms with Gasteiger partial charge < -0.3 is 10.5 Å². The topological polar surface area (TPSA) is 93.8 Å². The summed E-state index contributed by atoms with van der Waals surface area (Å²) in [4.78, 5) is 23.1. The molecule has 0 heterocycles. The lowest BCUT2D eigenvalue weighted by Crippen LogP contribution is -2.30. The first-order chi connectivity index (χ1) is 10.6. The molecule has 22 heavy (non-hydrogen) atoms. The molecule has 0 aromatic heterocycles. The number of nitrogens with two attached hydrogens (primary N) is 1. The molecule has 3 N–H and O–H groups in total. The van der Waals surface area contributed by atoms with Gasteiger partial charge in [-0.05, 0) is 24.3 Å². The summed E-state index contributed by atoms with van der Waals surface area (Å²) in [6.45, 7) is 0. The van der Waals surface area contributed by atoms with Crippen LogP contribution in [0.3, 0.4) is 0 Å². The normalized spacial score (nSPS) is 10.9. The van der Waals surface area contributed by atoms with Gasteiger partial charge in [0.25, 0.3) is 5.90 Å². The Labute approximate surface area is 125 Å². The second-order valence-electron chi connectivity index (χ2n) is 4.14. The van der Waals surface area contributed by atoms with Crippen molar-refractivity contribution in [1.82, 2.24) is 5.43 Å². The number of benzene rings is 2. The predicted molar refractivity (Wildman–Crippen MR) is 78.0 cm³/mol. The molecule has 6 nitrogen and oxygen atoms in total. The van der Waals surface area contributed by atoms with E-state index in [-0.39, 0.29) is 5.75 Å². The van der Waals surface area contributed by atoms with Crippen molar-refractivity contribution in [1.29, 1.82) is 0 Å². The lowest BCUT2D eigenvalue weighted by molar-refractivity contribution is 0.104. The molecule has 2 amide bonds. The zero-order valence-electron chi connectivity index (χ0n) is 11.3. The van der Waals surface area contributed by atoms with Crippen LogP contribution in [-0.4, -0.2) is 17.7 Å². The van der Waals surface area contributed by atoms with Crippen LogP contribution in [0.2, 0.25) is 0 Å². The van der Waals surface area contributed by atoms with Gasteiger partial charge in [0.15, 0.2) is 0 Å². The van der Waals surface area contributed by atoms with Gasteiger partial charge in [-0.1, -0.05) is 30.3 Å². The van der Waals surface area contributed by atoms with E-state index in [1.165, 1.54) is 24.3 Å². The molecule has 0 unspecified atom stereocenters. The van der Waals surface area contributed by atoms with Gasteiger partial charge in [-0.15, -0.1) is 5.10 Å². The molecule has 0 spiro atoms. The molecule has 7 heteroatoms. The van der Waals surface area contributed by atoms with E-state index in [1.54, 1.807) is 30.3 Å². The van der Waals surface area contributed by atoms with Gasteiger partial charge in [0, 0.05) is 5.56 Å². The van der Waals surface area contributed by atoms with Crippen LogP contribution in [0.4, 0.5) is 9.18 Å². The first-order valence-electron chi connectivity index (χ1n) is 6.22. The van der Waals surface area contributed by atoms with E-state index < -0.39 is 23.5 Å². The summed E-state index contributed by atoms with van der Waals surface area (Å²) in [5.74, 6) is -1.21. The number of ether oxygens (including phenoxy) is 1. The van der Waals surface area contributed by atoms with E-state index >= 15 is 0 Å². The van der Waals surface area contributed by atoms with E-state index in [0.717, 1.165) is 0 Å². The number of nitrogens with zero attached hydrogens (tertiary/aromatic N) is 1. The summed E-state index contributed by atoms with van der Waals surface area (Å²) in [5, 5.41) is 3.54. The molecule has 2 rings (SSSR count). The number of ketones is 1. The average Bonchev–Trinajstić information content (AvgIpc) is 2.53. The SMILES string of the molecule is NC(=O)NN=C(Oc1ccc(F)cc1)C(=O)c1ccccc1. The Balaban J connectivity index is 2.26. The summed E-state index contributed by atoms with van der Waals surface area (Å²) in [6.07, 6.45) is 0. The van der Waals surface area contributed by atoms with Crippen LogP contribution >= 0.6 is 0 Å². The third kappa shape index (κ3) is 4.14. The van der Waals surface area contributed by atoms with Crippen molar-refractivity contribution in [3.05, 3.63) is 66.0 Å². The van der Waals surface area contributed by atoms with Crippen LogP contribution in [0.5, 0.6) is 5.75 Å². The number of amides is 2. The summed E-state index contributed by atoms with van der Waals surface area (Å²) >= 11 is 0. The molecule has 0 aliphatic heterocycles. The van der Waals surface area contributed by atoms with Crippen molar-refractivity contribution in [2.24, 2.45) is 10.8 Å². The molecule has 0 radical (unpaired) electrons. The standard InChI is InChI=1S/C15H12FN3O3/c16-11-6-8-12(9-7-11)22-14(18-19-15(17)21)13(20)10-4-2-1-3-5-10/h1-9H,(H3,17,19,21). The molecule has 0 saturated carbocycles. The molecule has 2 aromatic carbocycles.